The fraction of sp³-hybridized carbons (Fsp3) is 0.571. The summed E-state index contributed by atoms with van der Waals surface area (Å²) in [4.78, 5) is 10.3. The SMILES string of the molecule is COP(=O)(OC)[C@@](C)(N[S@@](=O)C(C)(C)C)c1ccc([N+](=O)[O-])cc1. The summed E-state index contributed by atoms with van der Waals surface area (Å²) in [5, 5.41) is 9.36. The highest BCUT2D eigenvalue weighted by molar-refractivity contribution is 7.84. The molecule has 0 amide bonds. The molecule has 1 aromatic carbocycles. The van der Waals surface area contributed by atoms with Crippen molar-refractivity contribution in [1.82, 2.24) is 4.72 Å². The minimum atomic E-state index is -3.76. The first-order valence-corrected chi connectivity index (χ1v) is 9.77. The largest absolute Gasteiger partial charge is 0.355 e. The monoisotopic (exact) mass is 378 g/mol. The van der Waals surface area contributed by atoms with Crippen molar-refractivity contribution in [3.8, 4) is 0 Å². The highest BCUT2D eigenvalue weighted by Crippen LogP contribution is 2.62. The van der Waals surface area contributed by atoms with Crippen molar-refractivity contribution in [2.75, 3.05) is 14.2 Å². The maximum absolute atomic E-state index is 13.1. The molecular formula is C14H23N2O6PS. The number of nitrogens with zero attached hydrogens (tertiary/aromatic N) is 1. The quantitative estimate of drug-likeness (QED) is 0.443. The third kappa shape index (κ3) is 4.10. The van der Waals surface area contributed by atoms with E-state index in [4.69, 9.17) is 9.05 Å². The lowest BCUT2D eigenvalue weighted by Gasteiger charge is -2.37. The van der Waals surface area contributed by atoms with Crippen molar-refractivity contribution in [2.45, 2.75) is 37.7 Å². The Morgan fingerprint density at radius 1 is 1.12 bits per heavy atom. The Balaban J connectivity index is 3.46. The Hall–Kier alpha value is -1.12. The first-order valence-electron chi connectivity index (χ1n) is 7.07. The number of hydrogen-bond acceptors (Lipinski definition) is 6. The molecule has 0 saturated carbocycles. The van der Waals surface area contributed by atoms with Crippen LogP contribution in [-0.4, -0.2) is 28.1 Å². The Bertz CT molecular complexity index is 665. The summed E-state index contributed by atoms with van der Waals surface area (Å²) in [6.07, 6.45) is 0. The number of non-ortho nitro benzene ring substituents is 1. The molecule has 8 nitrogen and oxygen atoms in total. The van der Waals surface area contributed by atoms with Crippen LogP contribution in [0.4, 0.5) is 5.69 Å². The fourth-order valence-corrected chi connectivity index (χ4v) is 4.78. The molecule has 1 N–H and O–H groups in total. The van der Waals surface area contributed by atoms with Crippen LogP contribution in [0, 0.1) is 10.1 Å². The number of nitro groups is 1. The molecule has 2 atom stereocenters. The number of nitrogens with one attached hydrogen (secondary N) is 1. The maximum atomic E-state index is 13.1. The van der Waals surface area contributed by atoms with E-state index in [2.05, 4.69) is 4.72 Å². The van der Waals surface area contributed by atoms with Crippen molar-refractivity contribution in [3.05, 3.63) is 39.9 Å². The molecule has 24 heavy (non-hydrogen) atoms. The zero-order valence-electron chi connectivity index (χ0n) is 14.6. The highest BCUT2D eigenvalue weighted by atomic mass is 32.2. The van der Waals surface area contributed by atoms with E-state index in [0.29, 0.717) is 5.56 Å². The van der Waals surface area contributed by atoms with E-state index in [-0.39, 0.29) is 5.69 Å². The van der Waals surface area contributed by atoms with E-state index < -0.39 is 33.5 Å². The second kappa shape index (κ2) is 7.41. The first kappa shape index (κ1) is 20.9. The second-order valence-corrected chi connectivity index (χ2v) is 10.8. The molecular weight excluding hydrogens is 355 g/mol. The molecule has 0 aliphatic carbocycles. The van der Waals surface area contributed by atoms with Gasteiger partial charge < -0.3 is 9.05 Å². The maximum Gasteiger partial charge on any atom is 0.355 e. The van der Waals surface area contributed by atoms with Gasteiger partial charge in [0.1, 0.15) is 0 Å². The van der Waals surface area contributed by atoms with E-state index in [0.717, 1.165) is 0 Å². The molecule has 0 aliphatic rings. The van der Waals surface area contributed by atoms with Crippen LogP contribution < -0.4 is 4.72 Å². The zero-order valence-corrected chi connectivity index (χ0v) is 16.3. The lowest BCUT2D eigenvalue weighted by atomic mass is 10.1. The molecule has 0 aliphatic heterocycles. The number of benzene rings is 1. The average Bonchev–Trinajstić information content (AvgIpc) is 2.52. The van der Waals surface area contributed by atoms with Crippen molar-refractivity contribution in [3.63, 3.8) is 0 Å². The third-order valence-corrected chi connectivity index (χ3v) is 7.80. The summed E-state index contributed by atoms with van der Waals surface area (Å²) >= 11 is 0. The predicted molar refractivity (Wildman–Crippen MR) is 93.1 cm³/mol. The predicted octanol–water partition coefficient (Wildman–Crippen LogP) is 3.31. The van der Waals surface area contributed by atoms with Gasteiger partial charge in [0.05, 0.1) is 20.7 Å². The lowest BCUT2D eigenvalue weighted by Crippen LogP contribution is -2.46. The van der Waals surface area contributed by atoms with E-state index in [1.165, 1.54) is 45.4 Å². The van der Waals surface area contributed by atoms with Gasteiger partial charge in [0.25, 0.3) is 5.69 Å². The summed E-state index contributed by atoms with van der Waals surface area (Å²) in [5.41, 5.74) is 0.292. The van der Waals surface area contributed by atoms with Crippen molar-refractivity contribution in [1.29, 1.82) is 0 Å². The molecule has 0 radical (unpaired) electrons. The van der Waals surface area contributed by atoms with Gasteiger partial charge in [-0.2, -0.15) is 0 Å². The lowest BCUT2D eigenvalue weighted by molar-refractivity contribution is -0.384. The average molecular weight is 378 g/mol. The van der Waals surface area contributed by atoms with E-state index in [1.54, 1.807) is 20.8 Å². The van der Waals surface area contributed by atoms with E-state index in [9.17, 15) is 18.9 Å². The van der Waals surface area contributed by atoms with Gasteiger partial charge in [-0.1, -0.05) is 0 Å². The molecule has 1 rings (SSSR count). The minimum Gasteiger partial charge on any atom is -0.310 e. The van der Waals surface area contributed by atoms with Gasteiger partial charge >= 0.3 is 7.60 Å². The molecule has 0 fully saturated rings. The second-order valence-electron chi connectivity index (χ2n) is 6.22. The van der Waals surface area contributed by atoms with Gasteiger partial charge in [0, 0.05) is 26.4 Å². The van der Waals surface area contributed by atoms with Crippen LogP contribution in [0.3, 0.4) is 0 Å². The van der Waals surface area contributed by atoms with Crippen molar-refractivity contribution < 1.29 is 22.7 Å². The normalized spacial score (nSPS) is 16.4. The summed E-state index contributed by atoms with van der Waals surface area (Å²) < 4.78 is 38.0. The van der Waals surface area contributed by atoms with Gasteiger partial charge in [0.2, 0.25) is 0 Å². The summed E-state index contributed by atoms with van der Waals surface area (Å²) in [5.74, 6) is 0. The first-order chi connectivity index (χ1) is 10.9. The van der Waals surface area contributed by atoms with Crippen LogP contribution in [0.2, 0.25) is 0 Å². The molecule has 136 valence electrons. The third-order valence-electron chi connectivity index (χ3n) is 3.52. The van der Waals surface area contributed by atoms with Crippen LogP contribution >= 0.6 is 7.60 Å². The Morgan fingerprint density at radius 3 is 1.92 bits per heavy atom. The van der Waals surface area contributed by atoms with E-state index >= 15 is 0 Å². The minimum absolute atomic E-state index is 0.109. The molecule has 1 aromatic rings. The number of rotatable bonds is 7. The molecule has 0 spiro atoms. The van der Waals surface area contributed by atoms with Crippen LogP contribution in [0.5, 0.6) is 0 Å². The molecule has 0 bridgehead atoms. The standard InChI is InChI=1S/C14H23N2O6PS/c1-13(2,3)24(20)15-14(4,23(19,21-5)22-6)11-7-9-12(10-8-11)16(17)18/h7-10,15H,1-6H3/t14-,24+/m1/s1. The van der Waals surface area contributed by atoms with Gasteiger partial charge in [0.15, 0.2) is 5.28 Å². The zero-order chi connectivity index (χ0) is 18.8. The van der Waals surface area contributed by atoms with Crippen LogP contribution in [0.15, 0.2) is 24.3 Å². The fourth-order valence-electron chi connectivity index (χ4n) is 1.95. The van der Waals surface area contributed by atoms with Crippen LogP contribution in [-0.2, 0) is 29.9 Å². The van der Waals surface area contributed by atoms with Crippen LogP contribution in [0.1, 0.15) is 33.3 Å². The molecule has 0 aromatic heterocycles. The number of nitro benzene ring substituents is 1. The molecule has 0 saturated heterocycles. The molecule has 10 heteroatoms. The molecule has 0 unspecified atom stereocenters. The Kier molecular flexibility index (Phi) is 6.46. The van der Waals surface area contributed by atoms with Gasteiger partial charge in [-0.25, -0.2) is 8.93 Å². The van der Waals surface area contributed by atoms with Crippen molar-refractivity contribution in [2.24, 2.45) is 0 Å². The molecule has 0 heterocycles. The van der Waals surface area contributed by atoms with E-state index in [1.807, 2.05) is 0 Å². The summed E-state index contributed by atoms with van der Waals surface area (Å²) in [7, 11) is -2.89. The van der Waals surface area contributed by atoms with Gasteiger partial charge in [-0.3, -0.25) is 14.7 Å². The highest BCUT2D eigenvalue weighted by Gasteiger charge is 2.50. The van der Waals surface area contributed by atoms with Gasteiger partial charge in [-0.05, 0) is 45.4 Å². The van der Waals surface area contributed by atoms with Crippen molar-refractivity contribution >= 4 is 24.3 Å². The smallest absolute Gasteiger partial charge is 0.310 e. The number of hydrogen-bond donors (Lipinski definition) is 1. The Labute approximate surface area is 144 Å². The Morgan fingerprint density at radius 2 is 1.58 bits per heavy atom. The topological polar surface area (TPSA) is 108 Å². The van der Waals surface area contributed by atoms with Gasteiger partial charge in [-0.15, -0.1) is 0 Å². The van der Waals surface area contributed by atoms with Crippen LogP contribution in [0.25, 0.3) is 0 Å². The summed E-state index contributed by atoms with van der Waals surface area (Å²) in [6, 6.07) is 5.45. The summed E-state index contributed by atoms with van der Waals surface area (Å²) in [6.45, 7) is 6.82.